The fourth-order valence-corrected chi connectivity index (χ4v) is 7.94. The predicted octanol–water partition coefficient (Wildman–Crippen LogP) is 12.9. The summed E-state index contributed by atoms with van der Waals surface area (Å²) < 4.78 is 16.5. The number of nitriles is 2. The zero-order chi connectivity index (χ0) is 40.6. The van der Waals surface area contributed by atoms with Crippen molar-refractivity contribution < 1.29 is 4.39 Å². The summed E-state index contributed by atoms with van der Waals surface area (Å²) in [5.74, 6) is 1.25. The van der Waals surface area contributed by atoms with E-state index in [4.69, 9.17) is 15.0 Å². The fourth-order valence-electron chi connectivity index (χ4n) is 7.94. The summed E-state index contributed by atoms with van der Waals surface area (Å²) in [5.41, 5.74) is 11.5. The lowest BCUT2D eigenvalue weighted by atomic mass is 9.96. The maximum Gasteiger partial charge on any atom is 0.166 e. The molecule has 0 amide bonds. The molecule has 280 valence electrons. The number of aromatic nitrogens is 4. The number of hydrogen-bond donors (Lipinski definition) is 0. The van der Waals surface area contributed by atoms with Crippen molar-refractivity contribution in [3.63, 3.8) is 0 Å². The number of halogens is 1. The molecule has 0 aliphatic rings. The molecule has 0 fully saturated rings. The molecule has 7 heteroatoms. The van der Waals surface area contributed by atoms with E-state index in [1.807, 2.05) is 133 Å². The van der Waals surface area contributed by atoms with Gasteiger partial charge in [0, 0.05) is 27.5 Å². The normalized spacial score (nSPS) is 11.1. The average Bonchev–Trinajstić information content (AvgIpc) is 3.64. The second-order valence-electron chi connectivity index (χ2n) is 14.4. The molecule has 0 unspecified atom stereocenters. The molecule has 8 aromatic carbocycles. The molecule has 0 N–H and O–H groups in total. The molecular weight excluding hydrogens is 740 g/mol. The summed E-state index contributed by atoms with van der Waals surface area (Å²) in [4.78, 5) is 15.2. The number of benzene rings is 8. The summed E-state index contributed by atoms with van der Waals surface area (Å²) >= 11 is 0. The van der Waals surface area contributed by atoms with Crippen LogP contribution in [-0.4, -0.2) is 19.5 Å². The van der Waals surface area contributed by atoms with Crippen LogP contribution in [0.4, 0.5) is 4.39 Å². The van der Waals surface area contributed by atoms with Gasteiger partial charge in [-0.05, 0) is 94.0 Å². The van der Waals surface area contributed by atoms with Crippen molar-refractivity contribution in [3.05, 3.63) is 205 Å². The van der Waals surface area contributed by atoms with Crippen LogP contribution in [0, 0.1) is 28.5 Å². The van der Waals surface area contributed by atoms with Crippen LogP contribution in [0.25, 0.3) is 95.0 Å². The molecule has 2 heterocycles. The Morgan fingerprint density at radius 3 is 1.35 bits per heavy atom. The Kier molecular flexibility index (Phi) is 9.02. The van der Waals surface area contributed by atoms with E-state index >= 15 is 0 Å². The van der Waals surface area contributed by atoms with Gasteiger partial charge in [-0.15, -0.1) is 0 Å². The number of hydrogen-bond acceptors (Lipinski definition) is 5. The summed E-state index contributed by atoms with van der Waals surface area (Å²) in [6, 6.07) is 64.9. The van der Waals surface area contributed by atoms with E-state index in [1.54, 1.807) is 12.1 Å². The Balaban J connectivity index is 1.29. The maximum absolute atomic E-state index is 14.2. The molecule has 0 spiro atoms. The standard InChI is InChI=1S/C53H31FN6/c54-42-24-19-34(20-25-42)37-21-26-45(53-58-51(35-11-3-1-4-12-35)57-52(59-53)36-13-5-2-6-14-36)50(31-37)60-48-27-22-38(43-17-9-7-15-40(43)32-55)29-46(48)47-30-39(23-28-49(47)60)44-18-10-8-16-41(44)33-56/h1-31H. The third-order valence-electron chi connectivity index (χ3n) is 10.8. The minimum atomic E-state index is -0.312. The van der Waals surface area contributed by atoms with Crippen molar-refractivity contribution in [1.29, 1.82) is 10.5 Å². The largest absolute Gasteiger partial charge is 0.308 e. The topological polar surface area (TPSA) is 91.2 Å². The first-order valence-corrected chi connectivity index (χ1v) is 19.4. The van der Waals surface area contributed by atoms with E-state index in [2.05, 4.69) is 47.0 Å². The zero-order valence-electron chi connectivity index (χ0n) is 32.0. The number of rotatable bonds is 7. The Bertz CT molecular complexity index is 3170. The van der Waals surface area contributed by atoms with E-state index in [0.29, 0.717) is 28.6 Å². The van der Waals surface area contributed by atoms with Crippen LogP contribution >= 0.6 is 0 Å². The molecule has 0 radical (unpaired) electrons. The summed E-state index contributed by atoms with van der Waals surface area (Å²) in [6.07, 6.45) is 0. The maximum atomic E-state index is 14.2. The van der Waals surface area contributed by atoms with Gasteiger partial charge in [0.05, 0.1) is 40.0 Å². The third-order valence-corrected chi connectivity index (χ3v) is 10.8. The predicted molar refractivity (Wildman–Crippen MR) is 236 cm³/mol. The average molecular weight is 771 g/mol. The van der Waals surface area contributed by atoms with E-state index in [0.717, 1.165) is 77.6 Å². The third kappa shape index (κ3) is 6.43. The highest BCUT2D eigenvalue weighted by molar-refractivity contribution is 6.12. The molecule has 0 atom stereocenters. The van der Waals surface area contributed by atoms with Crippen molar-refractivity contribution in [2.75, 3.05) is 0 Å². The van der Waals surface area contributed by atoms with Gasteiger partial charge in [-0.25, -0.2) is 19.3 Å². The fraction of sp³-hybridized carbons (Fsp3) is 0. The molecule has 0 saturated carbocycles. The van der Waals surface area contributed by atoms with Gasteiger partial charge in [-0.3, -0.25) is 0 Å². The van der Waals surface area contributed by atoms with Crippen LogP contribution in [0.15, 0.2) is 188 Å². The second kappa shape index (κ2) is 15.1. The van der Waals surface area contributed by atoms with Gasteiger partial charge in [-0.2, -0.15) is 10.5 Å². The van der Waals surface area contributed by atoms with Gasteiger partial charge >= 0.3 is 0 Å². The SMILES string of the molecule is N#Cc1ccccc1-c1ccc2c(c1)c1cc(-c3ccccc3C#N)ccc1n2-c1cc(-c2ccc(F)cc2)ccc1-c1nc(-c2ccccc2)nc(-c2ccccc2)n1. The number of fused-ring (bicyclic) bond motifs is 3. The van der Waals surface area contributed by atoms with Crippen LogP contribution in [0.1, 0.15) is 11.1 Å². The highest BCUT2D eigenvalue weighted by Crippen LogP contribution is 2.41. The monoisotopic (exact) mass is 770 g/mol. The molecule has 0 bridgehead atoms. The van der Waals surface area contributed by atoms with Crippen LogP contribution in [-0.2, 0) is 0 Å². The molecule has 10 aromatic rings. The van der Waals surface area contributed by atoms with E-state index in [-0.39, 0.29) is 5.82 Å². The molecule has 0 aliphatic carbocycles. The Morgan fingerprint density at radius 2 is 0.833 bits per heavy atom. The van der Waals surface area contributed by atoms with Gasteiger partial charge < -0.3 is 4.57 Å². The smallest absolute Gasteiger partial charge is 0.166 e. The molecule has 2 aromatic heterocycles. The first kappa shape index (κ1) is 35.9. The first-order chi connectivity index (χ1) is 29.6. The number of nitrogens with zero attached hydrogens (tertiary/aromatic N) is 6. The Labute approximate surface area is 345 Å². The van der Waals surface area contributed by atoms with E-state index < -0.39 is 0 Å². The molecular formula is C53H31FN6. The van der Waals surface area contributed by atoms with Crippen LogP contribution in [0.5, 0.6) is 0 Å². The van der Waals surface area contributed by atoms with Gasteiger partial charge in [0.2, 0.25) is 0 Å². The lowest BCUT2D eigenvalue weighted by Gasteiger charge is -2.17. The molecule has 60 heavy (non-hydrogen) atoms. The molecule has 10 rings (SSSR count). The summed E-state index contributed by atoms with van der Waals surface area (Å²) in [5, 5.41) is 22.0. The van der Waals surface area contributed by atoms with Gasteiger partial charge in [0.1, 0.15) is 5.82 Å². The zero-order valence-corrected chi connectivity index (χ0v) is 32.0. The Hall–Kier alpha value is -8.52. The van der Waals surface area contributed by atoms with Crippen molar-refractivity contribution in [2.45, 2.75) is 0 Å². The van der Waals surface area contributed by atoms with Crippen molar-refractivity contribution >= 4 is 21.8 Å². The quantitative estimate of drug-likeness (QED) is 0.161. The highest BCUT2D eigenvalue weighted by atomic mass is 19.1. The van der Waals surface area contributed by atoms with E-state index in [1.165, 1.54) is 12.1 Å². The van der Waals surface area contributed by atoms with Crippen molar-refractivity contribution in [3.8, 4) is 85.4 Å². The minimum absolute atomic E-state index is 0.312. The highest BCUT2D eigenvalue weighted by Gasteiger charge is 2.22. The van der Waals surface area contributed by atoms with Crippen LogP contribution in [0.3, 0.4) is 0 Å². The molecule has 0 saturated heterocycles. The summed E-state index contributed by atoms with van der Waals surface area (Å²) in [6.45, 7) is 0. The van der Waals surface area contributed by atoms with Crippen LogP contribution in [0.2, 0.25) is 0 Å². The van der Waals surface area contributed by atoms with Crippen LogP contribution < -0.4 is 0 Å². The molecule has 6 nitrogen and oxygen atoms in total. The Morgan fingerprint density at radius 1 is 0.383 bits per heavy atom. The van der Waals surface area contributed by atoms with Crippen molar-refractivity contribution in [1.82, 2.24) is 19.5 Å². The lowest BCUT2D eigenvalue weighted by molar-refractivity contribution is 0.628. The van der Waals surface area contributed by atoms with Gasteiger partial charge in [-0.1, -0.05) is 127 Å². The van der Waals surface area contributed by atoms with Gasteiger partial charge in [0.25, 0.3) is 0 Å². The second-order valence-corrected chi connectivity index (χ2v) is 14.4. The lowest BCUT2D eigenvalue weighted by Crippen LogP contribution is -2.04. The minimum Gasteiger partial charge on any atom is -0.308 e. The first-order valence-electron chi connectivity index (χ1n) is 19.4. The molecule has 0 aliphatic heterocycles. The van der Waals surface area contributed by atoms with Crippen molar-refractivity contribution in [2.24, 2.45) is 0 Å². The van der Waals surface area contributed by atoms with E-state index in [9.17, 15) is 14.9 Å². The van der Waals surface area contributed by atoms with Gasteiger partial charge in [0.15, 0.2) is 17.5 Å². The summed E-state index contributed by atoms with van der Waals surface area (Å²) in [7, 11) is 0.